The van der Waals surface area contributed by atoms with Gasteiger partial charge in [0.15, 0.2) is 0 Å². The summed E-state index contributed by atoms with van der Waals surface area (Å²) in [6.45, 7) is 0.674. The van der Waals surface area contributed by atoms with Crippen molar-refractivity contribution in [1.82, 2.24) is 0 Å². The normalized spacial score (nSPS) is 12.1. The second-order valence-electron chi connectivity index (χ2n) is 4.33. The van der Waals surface area contributed by atoms with Crippen molar-refractivity contribution in [2.24, 2.45) is 5.73 Å². The highest BCUT2D eigenvalue weighted by Gasteiger charge is 2.09. The molecule has 2 nitrogen and oxygen atoms in total. The van der Waals surface area contributed by atoms with E-state index in [2.05, 4.69) is 36.4 Å². The van der Waals surface area contributed by atoms with Gasteiger partial charge in [-0.2, -0.15) is 0 Å². The molecule has 0 fully saturated rings. The smallest absolute Gasteiger partial charge is 0.118 e. The Kier molecular flexibility index (Phi) is 5.31. The molecule has 2 aromatic rings. The number of ether oxygens (including phenoxy) is 1. The van der Waals surface area contributed by atoms with Crippen molar-refractivity contribution in [1.29, 1.82) is 0 Å². The fourth-order valence-corrected chi connectivity index (χ4v) is 2.95. The molecule has 2 N–H and O–H groups in total. The Morgan fingerprint density at radius 3 is 2.32 bits per heavy atom. The van der Waals surface area contributed by atoms with E-state index in [-0.39, 0.29) is 0 Å². The van der Waals surface area contributed by atoms with Gasteiger partial charge in [-0.15, -0.1) is 11.8 Å². The first-order valence-electron chi connectivity index (χ1n) is 6.35. The van der Waals surface area contributed by atoms with Crippen LogP contribution in [-0.4, -0.2) is 19.4 Å². The molecule has 2 rings (SSSR count). The predicted molar refractivity (Wildman–Crippen MR) is 82.0 cm³/mol. The molecule has 1 atom stereocenters. The van der Waals surface area contributed by atoms with Gasteiger partial charge >= 0.3 is 0 Å². The number of hydrogen-bond donors (Lipinski definition) is 1. The average Bonchev–Trinajstić information content (AvgIpc) is 2.49. The van der Waals surface area contributed by atoms with Crippen LogP contribution in [0.3, 0.4) is 0 Å². The monoisotopic (exact) mass is 273 g/mol. The van der Waals surface area contributed by atoms with Gasteiger partial charge in [-0.3, -0.25) is 0 Å². The first-order valence-corrected chi connectivity index (χ1v) is 7.34. The largest absolute Gasteiger partial charge is 0.497 e. The molecule has 0 aliphatic heterocycles. The summed E-state index contributed by atoms with van der Waals surface area (Å²) in [5.74, 6) is 2.28. The fourth-order valence-electron chi connectivity index (χ4n) is 1.89. The SMILES string of the molecule is COc1ccc(SCC(CN)c2ccccc2)cc1. The van der Waals surface area contributed by atoms with Crippen LogP contribution in [0.5, 0.6) is 5.75 Å². The van der Waals surface area contributed by atoms with E-state index in [4.69, 9.17) is 10.5 Å². The Balaban J connectivity index is 1.96. The summed E-state index contributed by atoms with van der Waals surface area (Å²) in [5.41, 5.74) is 7.19. The van der Waals surface area contributed by atoms with Crippen LogP contribution < -0.4 is 10.5 Å². The molecular weight excluding hydrogens is 254 g/mol. The number of nitrogens with two attached hydrogens (primary N) is 1. The molecule has 0 amide bonds. The molecule has 19 heavy (non-hydrogen) atoms. The number of benzene rings is 2. The minimum atomic E-state index is 0.397. The molecule has 0 bridgehead atoms. The molecule has 0 aliphatic carbocycles. The summed E-state index contributed by atoms with van der Waals surface area (Å²) in [5, 5.41) is 0. The zero-order chi connectivity index (χ0) is 13.5. The first kappa shape index (κ1) is 14.0. The summed E-state index contributed by atoms with van der Waals surface area (Å²) in [4.78, 5) is 1.25. The minimum Gasteiger partial charge on any atom is -0.497 e. The van der Waals surface area contributed by atoms with Crippen molar-refractivity contribution in [3.05, 3.63) is 60.2 Å². The Morgan fingerprint density at radius 2 is 1.74 bits per heavy atom. The summed E-state index contributed by atoms with van der Waals surface area (Å²) in [6.07, 6.45) is 0. The van der Waals surface area contributed by atoms with E-state index >= 15 is 0 Å². The van der Waals surface area contributed by atoms with Crippen LogP contribution in [0, 0.1) is 0 Å². The van der Waals surface area contributed by atoms with Gasteiger partial charge in [0.25, 0.3) is 0 Å². The van der Waals surface area contributed by atoms with Crippen LogP contribution in [0.1, 0.15) is 11.5 Å². The summed E-state index contributed by atoms with van der Waals surface area (Å²) < 4.78 is 5.16. The van der Waals surface area contributed by atoms with Crippen molar-refractivity contribution in [2.45, 2.75) is 10.8 Å². The maximum Gasteiger partial charge on any atom is 0.118 e. The Morgan fingerprint density at radius 1 is 1.05 bits per heavy atom. The highest BCUT2D eigenvalue weighted by molar-refractivity contribution is 7.99. The van der Waals surface area contributed by atoms with Crippen LogP contribution in [0.4, 0.5) is 0 Å². The summed E-state index contributed by atoms with van der Waals surface area (Å²) in [6, 6.07) is 18.6. The molecule has 0 saturated heterocycles. The predicted octanol–water partition coefficient (Wildman–Crippen LogP) is 3.53. The number of rotatable bonds is 6. The van der Waals surface area contributed by atoms with Gasteiger partial charge in [-0.25, -0.2) is 0 Å². The van der Waals surface area contributed by atoms with Crippen LogP contribution in [0.15, 0.2) is 59.5 Å². The molecular formula is C16H19NOS. The third-order valence-corrected chi connectivity index (χ3v) is 4.24. The maximum atomic E-state index is 5.88. The number of hydrogen-bond acceptors (Lipinski definition) is 3. The van der Waals surface area contributed by atoms with E-state index in [1.54, 1.807) is 7.11 Å². The number of thioether (sulfide) groups is 1. The lowest BCUT2D eigenvalue weighted by atomic mass is 10.0. The lowest BCUT2D eigenvalue weighted by molar-refractivity contribution is 0.414. The third-order valence-electron chi connectivity index (χ3n) is 3.07. The molecule has 100 valence electrons. The van der Waals surface area contributed by atoms with E-state index < -0.39 is 0 Å². The van der Waals surface area contributed by atoms with Gasteiger partial charge in [0.1, 0.15) is 5.75 Å². The zero-order valence-electron chi connectivity index (χ0n) is 11.1. The second-order valence-corrected chi connectivity index (χ2v) is 5.42. The lowest BCUT2D eigenvalue weighted by Crippen LogP contribution is -2.14. The zero-order valence-corrected chi connectivity index (χ0v) is 11.9. The average molecular weight is 273 g/mol. The van der Waals surface area contributed by atoms with Crippen LogP contribution in [0.2, 0.25) is 0 Å². The Hall–Kier alpha value is -1.45. The van der Waals surface area contributed by atoms with Crippen LogP contribution in [0.25, 0.3) is 0 Å². The fraction of sp³-hybridized carbons (Fsp3) is 0.250. The standard InChI is InChI=1S/C16H19NOS/c1-18-15-7-9-16(10-8-15)19-12-14(11-17)13-5-3-2-4-6-13/h2-10,14H,11-12,17H2,1H3. The van der Waals surface area contributed by atoms with Crippen molar-refractivity contribution >= 4 is 11.8 Å². The van der Waals surface area contributed by atoms with E-state index in [1.807, 2.05) is 30.0 Å². The van der Waals surface area contributed by atoms with E-state index in [0.717, 1.165) is 11.5 Å². The quantitative estimate of drug-likeness (QED) is 0.818. The van der Waals surface area contributed by atoms with Crippen molar-refractivity contribution in [3.8, 4) is 5.75 Å². The molecule has 0 saturated carbocycles. The maximum absolute atomic E-state index is 5.88. The van der Waals surface area contributed by atoms with Crippen molar-refractivity contribution in [2.75, 3.05) is 19.4 Å². The van der Waals surface area contributed by atoms with E-state index in [1.165, 1.54) is 10.5 Å². The topological polar surface area (TPSA) is 35.2 Å². The highest BCUT2D eigenvalue weighted by atomic mass is 32.2. The first-order chi connectivity index (χ1) is 9.33. The van der Waals surface area contributed by atoms with Crippen molar-refractivity contribution < 1.29 is 4.74 Å². The van der Waals surface area contributed by atoms with Crippen LogP contribution >= 0.6 is 11.8 Å². The lowest BCUT2D eigenvalue weighted by Gasteiger charge is -2.14. The van der Waals surface area contributed by atoms with E-state index in [9.17, 15) is 0 Å². The molecule has 0 spiro atoms. The van der Waals surface area contributed by atoms with Crippen molar-refractivity contribution in [3.63, 3.8) is 0 Å². The van der Waals surface area contributed by atoms with Gasteiger partial charge in [-0.05, 0) is 36.4 Å². The van der Waals surface area contributed by atoms with Gasteiger partial charge in [0.05, 0.1) is 7.11 Å². The molecule has 3 heteroatoms. The summed E-state index contributed by atoms with van der Waals surface area (Å²) in [7, 11) is 1.68. The molecule has 2 aromatic carbocycles. The van der Waals surface area contributed by atoms with Gasteiger partial charge in [0, 0.05) is 16.6 Å². The summed E-state index contributed by atoms with van der Waals surface area (Å²) >= 11 is 1.83. The Bertz CT molecular complexity index is 484. The van der Waals surface area contributed by atoms with Gasteiger partial charge in [0.2, 0.25) is 0 Å². The molecule has 0 radical (unpaired) electrons. The molecule has 0 aliphatic rings. The number of methoxy groups -OCH3 is 1. The third kappa shape index (κ3) is 4.01. The van der Waals surface area contributed by atoms with Gasteiger partial charge in [-0.1, -0.05) is 30.3 Å². The van der Waals surface area contributed by atoms with Gasteiger partial charge < -0.3 is 10.5 Å². The second kappa shape index (κ2) is 7.22. The Labute approximate surface area is 119 Å². The molecule has 0 aromatic heterocycles. The van der Waals surface area contributed by atoms with E-state index in [0.29, 0.717) is 12.5 Å². The molecule has 0 heterocycles. The highest BCUT2D eigenvalue weighted by Crippen LogP contribution is 2.27. The van der Waals surface area contributed by atoms with Crippen LogP contribution in [-0.2, 0) is 0 Å². The molecule has 1 unspecified atom stereocenters. The minimum absolute atomic E-state index is 0.397.